The highest BCUT2D eigenvalue weighted by atomic mass is 19.4. The molecule has 21 heavy (non-hydrogen) atoms. The van der Waals surface area contributed by atoms with Crippen LogP contribution in [0.25, 0.3) is 10.9 Å². The Balaban J connectivity index is 0.000000713. The highest BCUT2D eigenvalue weighted by Gasteiger charge is 2.31. The standard InChI is InChI=1S/C11H8F3NO.C3H8.C2H6/c1-6-2-3-7-4-8(11(12,13)14)5-9(16)10(7)15-6;1-3-2;1-2/h2-5,16H,1H3;3H2,1-2H3;1-2H3. The molecule has 5 heteroatoms. The van der Waals surface area contributed by atoms with Crippen molar-refractivity contribution in [1.29, 1.82) is 0 Å². The van der Waals surface area contributed by atoms with Gasteiger partial charge in [-0.25, -0.2) is 4.98 Å². The first kappa shape index (κ1) is 19.2. The molecule has 0 spiro atoms. The van der Waals surface area contributed by atoms with Crippen LogP contribution in [-0.4, -0.2) is 10.1 Å². The number of pyridine rings is 1. The number of alkyl halides is 3. The number of nitrogens with zero attached hydrogens (tertiary/aromatic N) is 1. The maximum Gasteiger partial charge on any atom is 0.416 e. The summed E-state index contributed by atoms with van der Waals surface area (Å²) in [6, 6.07) is 4.77. The molecule has 0 aliphatic carbocycles. The summed E-state index contributed by atoms with van der Waals surface area (Å²) >= 11 is 0. The minimum atomic E-state index is -4.46. The molecule has 0 aliphatic rings. The van der Waals surface area contributed by atoms with Crippen LogP contribution in [0.5, 0.6) is 5.75 Å². The Kier molecular flexibility index (Phi) is 7.77. The van der Waals surface area contributed by atoms with Crippen LogP contribution < -0.4 is 0 Å². The maximum absolute atomic E-state index is 12.4. The van der Waals surface area contributed by atoms with Crippen molar-refractivity contribution in [1.82, 2.24) is 4.98 Å². The number of rotatable bonds is 0. The van der Waals surface area contributed by atoms with Crippen LogP contribution in [0.4, 0.5) is 13.2 Å². The van der Waals surface area contributed by atoms with E-state index in [0.717, 1.165) is 6.07 Å². The van der Waals surface area contributed by atoms with Crippen molar-refractivity contribution in [3.05, 3.63) is 35.5 Å². The van der Waals surface area contributed by atoms with Gasteiger partial charge in [-0.2, -0.15) is 13.2 Å². The van der Waals surface area contributed by atoms with Gasteiger partial charge in [-0.05, 0) is 25.1 Å². The number of fused-ring (bicyclic) bond motifs is 1. The molecule has 0 radical (unpaired) electrons. The average Bonchev–Trinajstić information content (AvgIpc) is 2.41. The first-order chi connectivity index (χ1) is 9.79. The second kappa shape index (κ2) is 8.49. The number of aromatic hydroxyl groups is 1. The van der Waals surface area contributed by atoms with Crippen molar-refractivity contribution in [2.75, 3.05) is 0 Å². The molecule has 0 unspecified atom stereocenters. The molecule has 1 aromatic heterocycles. The molecule has 0 fully saturated rings. The molecule has 0 aliphatic heterocycles. The van der Waals surface area contributed by atoms with E-state index < -0.39 is 17.5 Å². The van der Waals surface area contributed by atoms with Crippen LogP contribution >= 0.6 is 0 Å². The van der Waals surface area contributed by atoms with Gasteiger partial charge in [0.25, 0.3) is 0 Å². The Labute approximate surface area is 123 Å². The number of phenolic OH excluding ortho intramolecular Hbond substituents is 1. The van der Waals surface area contributed by atoms with Gasteiger partial charge in [0, 0.05) is 11.1 Å². The minimum Gasteiger partial charge on any atom is -0.506 e. The van der Waals surface area contributed by atoms with Crippen molar-refractivity contribution in [3.8, 4) is 5.75 Å². The lowest BCUT2D eigenvalue weighted by atomic mass is 10.1. The van der Waals surface area contributed by atoms with Gasteiger partial charge in [-0.1, -0.05) is 40.2 Å². The van der Waals surface area contributed by atoms with Gasteiger partial charge in [0.1, 0.15) is 11.3 Å². The van der Waals surface area contributed by atoms with Crippen molar-refractivity contribution in [2.45, 2.75) is 47.2 Å². The molecule has 118 valence electrons. The Hall–Kier alpha value is -1.78. The van der Waals surface area contributed by atoms with Gasteiger partial charge in [-0.15, -0.1) is 0 Å². The first-order valence-corrected chi connectivity index (χ1v) is 6.97. The Morgan fingerprint density at radius 1 is 1.10 bits per heavy atom. The fourth-order valence-electron chi connectivity index (χ4n) is 1.48. The van der Waals surface area contributed by atoms with E-state index in [0.29, 0.717) is 11.8 Å². The summed E-state index contributed by atoms with van der Waals surface area (Å²) in [6.45, 7) is 9.95. The molecule has 1 aromatic carbocycles. The molecule has 1 heterocycles. The molecule has 1 N–H and O–H groups in total. The smallest absolute Gasteiger partial charge is 0.416 e. The molecule has 0 saturated carbocycles. The van der Waals surface area contributed by atoms with Gasteiger partial charge in [0.15, 0.2) is 0 Å². The van der Waals surface area contributed by atoms with E-state index in [1.807, 2.05) is 13.8 Å². The normalized spacial score (nSPS) is 10.3. The van der Waals surface area contributed by atoms with Crippen LogP contribution in [0.1, 0.15) is 45.4 Å². The number of aryl methyl sites for hydroxylation is 1. The summed E-state index contributed by atoms with van der Waals surface area (Å²) < 4.78 is 37.3. The van der Waals surface area contributed by atoms with E-state index >= 15 is 0 Å². The van der Waals surface area contributed by atoms with Gasteiger partial charge in [-0.3, -0.25) is 0 Å². The topological polar surface area (TPSA) is 33.1 Å². The maximum atomic E-state index is 12.4. The fourth-order valence-corrected chi connectivity index (χ4v) is 1.48. The molecule has 0 saturated heterocycles. The number of phenols is 1. The van der Waals surface area contributed by atoms with Gasteiger partial charge < -0.3 is 5.11 Å². The third kappa shape index (κ3) is 5.61. The zero-order chi connectivity index (χ0) is 16.6. The van der Waals surface area contributed by atoms with Crippen LogP contribution in [0, 0.1) is 6.92 Å². The second-order valence-electron chi connectivity index (χ2n) is 4.22. The molecule has 2 rings (SSSR count). The van der Waals surface area contributed by atoms with Crippen molar-refractivity contribution < 1.29 is 18.3 Å². The van der Waals surface area contributed by atoms with E-state index in [4.69, 9.17) is 0 Å². The number of aromatic nitrogens is 1. The minimum absolute atomic E-state index is 0.188. The average molecular weight is 301 g/mol. The van der Waals surface area contributed by atoms with E-state index in [1.54, 1.807) is 13.0 Å². The lowest BCUT2D eigenvalue weighted by Crippen LogP contribution is -2.04. The van der Waals surface area contributed by atoms with E-state index in [1.165, 1.54) is 12.5 Å². The third-order valence-corrected chi connectivity index (χ3v) is 2.24. The van der Waals surface area contributed by atoms with E-state index in [-0.39, 0.29) is 10.9 Å². The van der Waals surface area contributed by atoms with Gasteiger partial charge in [0.2, 0.25) is 0 Å². The van der Waals surface area contributed by atoms with Gasteiger partial charge in [0.05, 0.1) is 5.56 Å². The SMILES string of the molecule is CC.CCC.Cc1ccc2cc(C(F)(F)F)cc(O)c2n1. The third-order valence-electron chi connectivity index (χ3n) is 2.24. The summed E-state index contributed by atoms with van der Waals surface area (Å²) in [4.78, 5) is 3.98. The zero-order valence-electron chi connectivity index (χ0n) is 13.0. The van der Waals surface area contributed by atoms with Crippen molar-refractivity contribution in [2.24, 2.45) is 0 Å². The van der Waals surface area contributed by atoms with Gasteiger partial charge >= 0.3 is 6.18 Å². The first-order valence-electron chi connectivity index (χ1n) is 6.97. The summed E-state index contributed by atoms with van der Waals surface area (Å²) in [7, 11) is 0. The second-order valence-corrected chi connectivity index (χ2v) is 4.22. The number of hydrogen-bond acceptors (Lipinski definition) is 2. The molecular weight excluding hydrogens is 279 g/mol. The highest BCUT2D eigenvalue weighted by Crippen LogP contribution is 2.35. The van der Waals surface area contributed by atoms with Crippen LogP contribution in [0.15, 0.2) is 24.3 Å². The number of halogens is 3. The number of benzene rings is 1. The molecule has 2 aromatic rings. The largest absolute Gasteiger partial charge is 0.506 e. The zero-order valence-corrected chi connectivity index (χ0v) is 13.0. The number of hydrogen-bond donors (Lipinski definition) is 1. The summed E-state index contributed by atoms with van der Waals surface area (Å²) in [6.07, 6.45) is -3.21. The predicted octanol–water partition coefficient (Wildman–Crippen LogP) is 5.71. The molecular formula is C16H22F3NO. The highest BCUT2D eigenvalue weighted by molar-refractivity contribution is 5.85. The monoisotopic (exact) mass is 301 g/mol. The molecule has 0 bridgehead atoms. The molecule has 0 atom stereocenters. The fraction of sp³-hybridized carbons (Fsp3) is 0.438. The Morgan fingerprint density at radius 2 is 1.62 bits per heavy atom. The van der Waals surface area contributed by atoms with Crippen molar-refractivity contribution in [3.63, 3.8) is 0 Å². The Morgan fingerprint density at radius 3 is 2.10 bits per heavy atom. The van der Waals surface area contributed by atoms with Crippen LogP contribution in [-0.2, 0) is 6.18 Å². The van der Waals surface area contributed by atoms with Crippen molar-refractivity contribution >= 4 is 10.9 Å². The molecule has 0 amide bonds. The quantitative estimate of drug-likeness (QED) is 0.676. The van der Waals surface area contributed by atoms with Crippen LogP contribution in [0.3, 0.4) is 0 Å². The summed E-state index contributed by atoms with van der Waals surface area (Å²) in [5.74, 6) is -0.450. The van der Waals surface area contributed by atoms with E-state index in [9.17, 15) is 18.3 Å². The molecule has 2 nitrogen and oxygen atoms in total. The lowest BCUT2D eigenvalue weighted by molar-refractivity contribution is -0.137. The lowest BCUT2D eigenvalue weighted by Gasteiger charge is -2.09. The Bertz CT molecular complexity index is 565. The summed E-state index contributed by atoms with van der Waals surface area (Å²) in [5.41, 5.74) is -0.0429. The predicted molar refractivity (Wildman–Crippen MR) is 80.5 cm³/mol. The van der Waals surface area contributed by atoms with Crippen LogP contribution in [0.2, 0.25) is 0 Å². The summed E-state index contributed by atoms with van der Waals surface area (Å²) in [5, 5.41) is 9.75. The van der Waals surface area contributed by atoms with E-state index in [2.05, 4.69) is 18.8 Å².